The number of nitrogens with one attached hydrogen (secondary N) is 2. The van der Waals surface area contributed by atoms with E-state index < -0.39 is 0 Å². The van der Waals surface area contributed by atoms with Gasteiger partial charge in [-0.05, 0) is 60.2 Å². The van der Waals surface area contributed by atoms with Crippen LogP contribution < -0.4 is 10.6 Å². The second-order valence-corrected chi connectivity index (χ2v) is 9.61. The number of fused-ring (bicyclic) bond motifs is 3. The monoisotopic (exact) mass is 493 g/mol. The van der Waals surface area contributed by atoms with Gasteiger partial charge in [0.2, 0.25) is 5.91 Å². The van der Waals surface area contributed by atoms with E-state index in [9.17, 15) is 4.79 Å². The number of hydrogen-bond donors (Lipinski definition) is 2. The van der Waals surface area contributed by atoms with Crippen LogP contribution in [0.2, 0.25) is 0 Å². The number of hydrogen-bond acceptors (Lipinski definition) is 5. The molecule has 0 unspecified atom stereocenters. The summed E-state index contributed by atoms with van der Waals surface area (Å²) in [5.74, 6) is -0.0375. The Morgan fingerprint density at radius 1 is 0.943 bits per heavy atom. The first-order chi connectivity index (χ1) is 17.1. The summed E-state index contributed by atoms with van der Waals surface area (Å²) in [5.41, 5.74) is 6.45. The van der Waals surface area contributed by atoms with Gasteiger partial charge in [0.1, 0.15) is 0 Å². The number of carbonyl (C=O) groups is 1. The van der Waals surface area contributed by atoms with Gasteiger partial charge in [0, 0.05) is 59.8 Å². The Morgan fingerprint density at radius 3 is 2.46 bits per heavy atom. The molecule has 1 amide bonds. The molecular formula is C28H35N3O3S. The number of benzene rings is 2. The lowest BCUT2D eigenvalue weighted by Crippen LogP contribution is -2.25. The summed E-state index contributed by atoms with van der Waals surface area (Å²) < 4.78 is 13.5. The van der Waals surface area contributed by atoms with Crippen molar-refractivity contribution in [3.8, 4) is 10.4 Å². The third-order valence-corrected chi connectivity index (χ3v) is 7.10. The first kappa shape index (κ1) is 25.4. The molecule has 0 aliphatic carbocycles. The fourth-order valence-electron chi connectivity index (χ4n) is 4.33. The minimum absolute atomic E-state index is 0.0375. The molecule has 0 atom stereocenters. The van der Waals surface area contributed by atoms with E-state index in [1.54, 1.807) is 11.3 Å². The molecule has 2 heterocycles. The zero-order valence-corrected chi connectivity index (χ0v) is 21.7. The predicted molar refractivity (Wildman–Crippen MR) is 145 cm³/mol. The van der Waals surface area contributed by atoms with Gasteiger partial charge in [0.25, 0.3) is 0 Å². The number of rotatable bonds is 13. The molecule has 0 radical (unpaired) electrons. The summed E-state index contributed by atoms with van der Waals surface area (Å²) in [7, 11) is 0. The van der Waals surface area contributed by atoms with Crippen LogP contribution in [0.5, 0.6) is 0 Å². The lowest BCUT2D eigenvalue weighted by atomic mass is 10.1. The standard InChI is InChI=1S/C28H35N3O3S/c1-4-31-26-8-5-22(18-29-9-11-33-13-14-34-12-10-30-21(3)32)16-25(26)24-7-6-23(17-27(24)31)28-15-20(2)19-35-28/h5-8,15-17,19,29H,4,9-14,18H2,1-3H3,(H,30,32). The SMILES string of the molecule is CCn1c2ccc(CNCCOCCOCCNC(C)=O)cc2c2ccc(-c3cc(C)cs3)cc21. The van der Waals surface area contributed by atoms with Crippen LogP contribution >= 0.6 is 11.3 Å². The van der Waals surface area contributed by atoms with Crippen LogP contribution in [-0.4, -0.2) is 50.0 Å². The summed E-state index contributed by atoms with van der Waals surface area (Å²) in [5, 5.41) is 11.0. The molecule has 0 aliphatic rings. The van der Waals surface area contributed by atoms with Gasteiger partial charge in [-0.15, -0.1) is 11.3 Å². The van der Waals surface area contributed by atoms with Crippen molar-refractivity contribution in [3.05, 3.63) is 59.0 Å². The number of aromatic nitrogens is 1. The molecule has 35 heavy (non-hydrogen) atoms. The summed E-state index contributed by atoms with van der Waals surface area (Å²) in [6.07, 6.45) is 0. The first-order valence-electron chi connectivity index (χ1n) is 12.3. The van der Waals surface area contributed by atoms with E-state index in [2.05, 4.69) is 76.9 Å². The van der Waals surface area contributed by atoms with Crippen molar-refractivity contribution >= 4 is 39.0 Å². The molecule has 7 heteroatoms. The average molecular weight is 494 g/mol. The molecule has 186 valence electrons. The number of ether oxygens (including phenoxy) is 2. The van der Waals surface area contributed by atoms with E-state index in [1.807, 2.05) is 0 Å². The smallest absolute Gasteiger partial charge is 0.216 e. The van der Waals surface area contributed by atoms with Gasteiger partial charge in [-0.1, -0.05) is 18.2 Å². The van der Waals surface area contributed by atoms with Crippen molar-refractivity contribution in [2.45, 2.75) is 33.9 Å². The average Bonchev–Trinajstić information content (AvgIpc) is 3.42. The predicted octanol–water partition coefficient (Wildman–Crippen LogP) is 5.11. The number of amides is 1. The molecule has 2 aromatic heterocycles. The van der Waals surface area contributed by atoms with Gasteiger partial charge in [-0.25, -0.2) is 0 Å². The molecule has 2 N–H and O–H groups in total. The summed E-state index contributed by atoms with van der Waals surface area (Å²) in [6.45, 7) is 11.2. The van der Waals surface area contributed by atoms with Crippen molar-refractivity contribution in [2.24, 2.45) is 0 Å². The maximum Gasteiger partial charge on any atom is 0.216 e. The van der Waals surface area contributed by atoms with E-state index >= 15 is 0 Å². The van der Waals surface area contributed by atoms with E-state index in [0.717, 1.165) is 19.6 Å². The van der Waals surface area contributed by atoms with Gasteiger partial charge in [0.05, 0.1) is 26.4 Å². The molecule has 0 fully saturated rings. The highest BCUT2D eigenvalue weighted by atomic mass is 32.1. The van der Waals surface area contributed by atoms with E-state index in [4.69, 9.17) is 9.47 Å². The number of nitrogens with zero attached hydrogens (tertiary/aromatic N) is 1. The van der Waals surface area contributed by atoms with Gasteiger partial charge in [-0.3, -0.25) is 4.79 Å². The third-order valence-electron chi connectivity index (χ3n) is 6.01. The number of aryl methyl sites for hydroxylation is 2. The number of thiophene rings is 1. The van der Waals surface area contributed by atoms with Crippen molar-refractivity contribution < 1.29 is 14.3 Å². The largest absolute Gasteiger partial charge is 0.378 e. The quantitative estimate of drug-likeness (QED) is 0.254. The molecule has 0 saturated heterocycles. The minimum Gasteiger partial charge on any atom is -0.378 e. The molecule has 0 saturated carbocycles. The zero-order valence-electron chi connectivity index (χ0n) is 20.9. The van der Waals surface area contributed by atoms with Crippen molar-refractivity contribution in [1.82, 2.24) is 15.2 Å². The van der Waals surface area contributed by atoms with Crippen LogP contribution in [0, 0.1) is 6.92 Å². The normalized spacial score (nSPS) is 11.5. The van der Waals surface area contributed by atoms with Gasteiger partial charge >= 0.3 is 0 Å². The molecule has 0 spiro atoms. The van der Waals surface area contributed by atoms with Crippen molar-refractivity contribution in [3.63, 3.8) is 0 Å². The fourth-order valence-corrected chi connectivity index (χ4v) is 5.23. The second kappa shape index (κ2) is 12.3. The Morgan fingerprint density at radius 2 is 1.74 bits per heavy atom. The molecule has 2 aromatic carbocycles. The highest BCUT2D eigenvalue weighted by molar-refractivity contribution is 7.13. The molecule has 4 rings (SSSR count). The van der Waals surface area contributed by atoms with E-state index in [0.29, 0.717) is 33.0 Å². The van der Waals surface area contributed by atoms with Crippen LogP contribution in [0.3, 0.4) is 0 Å². The van der Waals surface area contributed by atoms with Crippen LogP contribution in [0.25, 0.3) is 32.2 Å². The Kier molecular flexibility index (Phi) is 8.93. The number of carbonyl (C=O) groups excluding carboxylic acids is 1. The Balaban J connectivity index is 1.31. The van der Waals surface area contributed by atoms with Gasteiger partial charge < -0.3 is 24.7 Å². The van der Waals surface area contributed by atoms with Crippen LogP contribution in [0.4, 0.5) is 0 Å². The van der Waals surface area contributed by atoms with Crippen LogP contribution in [0.15, 0.2) is 47.8 Å². The first-order valence-corrected chi connectivity index (χ1v) is 13.2. The molecule has 0 bridgehead atoms. The fraction of sp³-hybridized carbons (Fsp3) is 0.393. The van der Waals surface area contributed by atoms with E-state index in [1.165, 1.54) is 50.3 Å². The van der Waals surface area contributed by atoms with E-state index in [-0.39, 0.29) is 5.91 Å². The lowest BCUT2D eigenvalue weighted by Gasteiger charge is -2.08. The zero-order chi connectivity index (χ0) is 24.6. The summed E-state index contributed by atoms with van der Waals surface area (Å²) >= 11 is 1.81. The molecule has 6 nitrogen and oxygen atoms in total. The van der Waals surface area contributed by atoms with Gasteiger partial charge in [-0.2, -0.15) is 0 Å². The summed E-state index contributed by atoms with van der Waals surface area (Å²) in [4.78, 5) is 12.1. The van der Waals surface area contributed by atoms with Crippen LogP contribution in [-0.2, 0) is 27.4 Å². The molecule has 0 aliphatic heterocycles. The molecular weight excluding hydrogens is 458 g/mol. The lowest BCUT2D eigenvalue weighted by molar-refractivity contribution is -0.119. The highest BCUT2D eigenvalue weighted by Crippen LogP contribution is 2.35. The Hall–Kier alpha value is -2.71. The third kappa shape index (κ3) is 6.49. The Bertz CT molecular complexity index is 1280. The topological polar surface area (TPSA) is 64.5 Å². The van der Waals surface area contributed by atoms with Crippen molar-refractivity contribution in [1.29, 1.82) is 0 Å². The summed E-state index contributed by atoms with van der Waals surface area (Å²) in [6, 6.07) is 15.9. The second-order valence-electron chi connectivity index (χ2n) is 8.70. The maximum absolute atomic E-state index is 10.8. The van der Waals surface area contributed by atoms with Gasteiger partial charge in [0.15, 0.2) is 0 Å². The highest BCUT2D eigenvalue weighted by Gasteiger charge is 2.12. The minimum atomic E-state index is -0.0375. The molecule has 4 aromatic rings. The van der Waals surface area contributed by atoms with Crippen molar-refractivity contribution in [2.75, 3.05) is 39.5 Å². The Labute approximate surface area is 211 Å². The maximum atomic E-state index is 10.8. The van der Waals surface area contributed by atoms with Crippen LogP contribution in [0.1, 0.15) is 25.0 Å².